The second-order valence-corrected chi connectivity index (χ2v) is 7.19. The summed E-state index contributed by atoms with van der Waals surface area (Å²) in [7, 11) is 0. The molecular weight excluding hydrogens is 370 g/mol. The minimum atomic E-state index is -0.294. The third kappa shape index (κ3) is 3.79. The van der Waals surface area contributed by atoms with Crippen molar-refractivity contribution < 1.29 is 9.53 Å². The molecule has 1 aliphatic heterocycles. The zero-order chi connectivity index (χ0) is 20.9. The molecule has 3 aromatic carbocycles. The first kappa shape index (κ1) is 19.7. The van der Waals surface area contributed by atoms with Gasteiger partial charge in [-0.1, -0.05) is 78.9 Å². The molecule has 0 aliphatic carbocycles. The van der Waals surface area contributed by atoms with Crippen molar-refractivity contribution >= 4 is 17.2 Å². The molecule has 3 aromatic rings. The average molecular weight is 396 g/mol. The molecule has 1 unspecified atom stereocenters. The minimum absolute atomic E-state index is 0.0398. The normalized spacial score (nSPS) is 16.3. The van der Waals surface area contributed by atoms with Crippen LogP contribution in [0, 0.1) is 0 Å². The van der Waals surface area contributed by atoms with E-state index in [4.69, 9.17) is 4.74 Å². The topological polar surface area (TPSA) is 29.5 Å². The van der Waals surface area contributed by atoms with Crippen molar-refractivity contribution in [2.75, 3.05) is 11.5 Å². The van der Waals surface area contributed by atoms with Gasteiger partial charge in [0, 0.05) is 11.4 Å². The summed E-state index contributed by atoms with van der Waals surface area (Å²) < 4.78 is 5.46. The Morgan fingerprint density at radius 3 is 2.03 bits per heavy atom. The van der Waals surface area contributed by atoms with E-state index >= 15 is 0 Å². The summed E-state index contributed by atoms with van der Waals surface area (Å²) in [5.41, 5.74) is 5.61. The second kappa shape index (κ2) is 8.83. The number of hydrogen-bond donors (Lipinski definition) is 0. The number of carbonyl (C=O) groups excluding carboxylic acids is 1. The van der Waals surface area contributed by atoms with Crippen LogP contribution in [-0.4, -0.2) is 12.6 Å². The van der Waals surface area contributed by atoms with Gasteiger partial charge in [0.1, 0.15) is 0 Å². The van der Waals surface area contributed by atoms with Crippen LogP contribution in [0.4, 0.5) is 5.69 Å². The summed E-state index contributed by atoms with van der Waals surface area (Å²) in [4.78, 5) is 15.3. The third-order valence-electron chi connectivity index (χ3n) is 5.34. The summed E-state index contributed by atoms with van der Waals surface area (Å²) in [5, 5.41) is 0. The number of allylic oxidation sites excluding steroid dienone is 1. The van der Waals surface area contributed by atoms with E-state index in [2.05, 4.69) is 47.4 Å². The Bertz CT molecular complexity index is 1070. The molecule has 0 spiro atoms. The smallest absolute Gasteiger partial charge is 0.340 e. The molecule has 0 saturated carbocycles. The Morgan fingerprint density at radius 2 is 1.43 bits per heavy atom. The summed E-state index contributed by atoms with van der Waals surface area (Å²) in [6.45, 7) is 4.18. The molecule has 3 nitrogen and oxygen atoms in total. The number of benzene rings is 3. The minimum Gasteiger partial charge on any atom is -0.462 e. The molecule has 30 heavy (non-hydrogen) atoms. The summed E-state index contributed by atoms with van der Waals surface area (Å²) in [5.74, 6) is -0.294. The standard InChI is InChI=1S/C27H25NO2/c1-3-30-27(29)26-20(2)28(23-17-11-6-12-18-23)25(22-15-9-5-10-16-22)19-24(26)21-13-7-4-8-14-21/h4-19,25H,3H2,1-2H3. The van der Waals surface area contributed by atoms with Crippen molar-refractivity contribution in [1.82, 2.24) is 0 Å². The Balaban J connectivity index is 1.95. The molecule has 4 rings (SSSR count). The Labute approximate surface area is 177 Å². The van der Waals surface area contributed by atoms with Crippen molar-refractivity contribution in [3.63, 3.8) is 0 Å². The average Bonchev–Trinajstić information content (AvgIpc) is 2.80. The fraction of sp³-hybridized carbons (Fsp3) is 0.148. The van der Waals surface area contributed by atoms with E-state index in [0.717, 1.165) is 28.1 Å². The van der Waals surface area contributed by atoms with Gasteiger partial charge >= 0.3 is 5.97 Å². The SMILES string of the molecule is CCOC(=O)C1=C(C)N(c2ccccc2)C(c2ccccc2)C=C1c1ccccc1. The lowest BCUT2D eigenvalue weighted by Crippen LogP contribution is -2.32. The summed E-state index contributed by atoms with van der Waals surface area (Å²) in [6, 6.07) is 30.6. The molecule has 0 aromatic heterocycles. The zero-order valence-electron chi connectivity index (χ0n) is 17.3. The number of hydrogen-bond acceptors (Lipinski definition) is 3. The van der Waals surface area contributed by atoms with Crippen molar-refractivity contribution in [3.8, 4) is 0 Å². The molecule has 0 saturated heterocycles. The van der Waals surface area contributed by atoms with Crippen LogP contribution in [0.15, 0.2) is 108 Å². The molecule has 3 heteroatoms. The van der Waals surface area contributed by atoms with Gasteiger partial charge in [0.25, 0.3) is 0 Å². The highest BCUT2D eigenvalue weighted by Gasteiger charge is 2.33. The van der Waals surface area contributed by atoms with Crippen molar-refractivity contribution in [3.05, 3.63) is 119 Å². The quantitative estimate of drug-likeness (QED) is 0.484. The molecule has 0 amide bonds. The van der Waals surface area contributed by atoms with Crippen LogP contribution in [0.5, 0.6) is 0 Å². The first-order chi connectivity index (χ1) is 14.7. The number of nitrogens with zero attached hydrogens (tertiary/aromatic N) is 1. The fourth-order valence-corrected chi connectivity index (χ4v) is 4.00. The maximum absolute atomic E-state index is 13.1. The molecule has 150 valence electrons. The monoisotopic (exact) mass is 395 g/mol. The Morgan fingerprint density at radius 1 is 0.867 bits per heavy atom. The van der Waals surface area contributed by atoms with Crippen LogP contribution in [-0.2, 0) is 9.53 Å². The lowest BCUT2D eigenvalue weighted by molar-refractivity contribution is -0.138. The third-order valence-corrected chi connectivity index (χ3v) is 5.34. The molecule has 0 N–H and O–H groups in total. The van der Waals surface area contributed by atoms with Crippen LogP contribution >= 0.6 is 0 Å². The maximum Gasteiger partial charge on any atom is 0.340 e. The molecule has 0 radical (unpaired) electrons. The Kier molecular flexibility index (Phi) is 5.80. The fourth-order valence-electron chi connectivity index (χ4n) is 4.00. The van der Waals surface area contributed by atoms with E-state index < -0.39 is 0 Å². The van der Waals surface area contributed by atoms with Gasteiger partial charge in [-0.3, -0.25) is 0 Å². The first-order valence-corrected chi connectivity index (χ1v) is 10.3. The second-order valence-electron chi connectivity index (χ2n) is 7.19. The van der Waals surface area contributed by atoms with Gasteiger partial charge in [0.2, 0.25) is 0 Å². The predicted molar refractivity (Wildman–Crippen MR) is 122 cm³/mol. The van der Waals surface area contributed by atoms with Gasteiger partial charge in [-0.2, -0.15) is 0 Å². The lowest BCUT2D eigenvalue weighted by Gasteiger charge is -2.38. The first-order valence-electron chi connectivity index (χ1n) is 10.3. The summed E-state index contributed by atoms with van der Waals surface area (Å²) >= 11 is 0. The molecular formula is C27H25NO2. The van der Waals surface area contributed by atoms with Crippen molar-refractivity contribution in [2.45, 2.75) is 19.9 Å². The number of rotatable bonds is 5. The number of anilines is 1. The van der Waals surface area contributed by atoms with Crippen LogP contribution in [0.25, 0.3) is 5.57 Å². The van der Waals surface area contributed by atoms with E-state index in [1.54, 1.807) is 0 Å². The Hall–Kier alpha value is -3.59. The number of ether oxygens (including phenoxy) is 1. The van der Waals surface area contributed by atoms with E-state index in [-0.39, 0.29) is 12.0 Å². The highest BCUT2D eigenvalue weighted by molar-refractivity contribution is 6.08. The summed E-state index contributed by atoms with van der Waals surface area (Å²) in [6.07, 6.45) is 2.18. The van der Waals surface area contributed by atoms with Crippen molar-refractivity contribution in [1.29, 1.82) is 0 Å². The molecule has 1 heterocycles. The van der Waals surface area contributed by atoms with E-state index in [0.29, 0.717) is 12.2 Å². The van der Waals surface area contributed by atoms with Crippen LogP contribution in [0.2, 0.25) is 0 Å². The van der Waals surface area contributed by atoms with Crippen LogP contribution < -0.4 is 4.90 Å². The zero-order valence-corrected chi connectivity index (χ0v) is 17.3. The highest BCUT2D eigenvalue weighted by Crippen LogP contribution is 2.42. The predicted octanol–water partition coefficient (Wildman–Crippen LogP) is 6.17. The van der Waals surface area contributed by atoms with Gasteiger partial charge in [0.15, 0.2) is 0 Å². The molecule has 0 bridgehead atoms. The van der Waals surface area contributed by atoms with Gasteiger partial charge in [-0.25, -0.2) is 4.79 Å². The highest BCUT2D eigenvalue weighted by atomic mass is 16.5. The number of carbonyl (C=O) groups is 1. The number of esters is 1. The molecule has 1 atom stereocenters. The largest absolute Gasteiger partial charge is 0.462 e. The lowest BCUT2D eigenvalue weighted by atomic mass is 9.87. The van der Waals surface area contributed by atoms with Crippen LogP contribution in [0.1, 0.15) is 31.0 Å². The number of para-hydroxylation sites is 1. The van der Waals surface area contributed by atoms with Crippen LogP contribution in [0.3, 0.4) is 0 Å². The van der Waals surface area contributed by atoms with E-state index in [1.165, 1.54) is 0 Å². The van der Waals surface area contributed by atoms with E-state index in [1.807, 2.05) is 68.4 Å². The van der Waals surface area contributed by atoms with Gasteiger partial charge < -0.3 is 9.64 Å². The van der Waals surface area contributed by atoms with E-state index in [9.17, 15) is 4.79 Å². The molecule has 1 aliphatic rings. The van der Waals surface area contributed by atoms with Crippen molar-refractivity contribution in [2.24, 2.45) is 0 Å². The maximum atomic E-state index is 13.1. The van der Waals surface area contributed by atoms with Gasteiger partial charge in [-0.05, 0) is 48.8 Å². The van der Waals surface area contributed by atoms with Gasteiger partial charge in [-0.15, -0.1) is 0 Å². The van der Waals surface area contributed by atoms with Gasteiger partial charge in [0.05, 0.1) is 18.2 Å². The molecule has 0 fully saturated rings.